The highest BCUT2D eigenvalue weighted by molar-refractivity contribution is 6.30. The van der Waals surface area contributed by atoms with Gasteiger partial charge in [0, 0.05) is 16.0 Å². The van der Waals surface area contributed by atoms with E-state index in [-0.39, 0.29) is 18.6 Å². The van der Waals surface area contributed by atoms with E-state index >= 15 is 0 Å². The van der Waals surface area contributed by atoms with Gasteiger partial charge in [0.1, 0.15) is 0 Å². The van der Waals surface area contributed by atoms with Crippen molar-refractivity contribution in [2.75, 3.05) is 6.61 Å². The highest BCUT2D eigenvalue weighted by Gasteiger charge is 2.38. The Labute approximate surface area is 194 Å². The molecule has 0 aliphatic rings. The first-order valence-corrected chi connectivity index (χ1v) is 11.2. The molecule has 3 N–H and O–H groups in total. The zero-order valence-electron chi connectivity index (χ0n) is 18.0. The normalized spacial score (nSPS) is 16.1. The number of hydrogen-bond acceptors (Lipinski definition) is 3. The number of hydrogen-bond donors (Lipinski definition) is 3. The highest BCUT2D eigenvalue weighted by Crippen LogP contribution is 2.43. The SMILES string of the molecule is C=CC[C@@](C)(C[C@H](c1cccc(Cl)c1)[C@@H](O)c1ccc(Cl)cc1)C(=O)N[C@@H](CC)CO. The smallest absolute Gasteiger partial charge is 0.226 e. The highest BCUT2D eigenvalue weighted by atomic mass is 35.5. The van der Waals surface area contributed by atoms with Crippen LogP contribution in [-0.2, 0) is 4.79 Å². The van der Waals surface area contributed by atoms with Crippen LogP contribution in [0.2, 0.25) is 10.0 Å². The fourth-order valence-corrected chi connectivity index (χ4v) is 4.08. The molecule has 0 saturated heterocycles. The van der Waals surface area contributed by atoms with Crippen molar-refractivity contribution in [3.8, 4) is 0 Å². The number of carbonyl (C=O) groups excluding carboxylic acids is 1. The maximum atomic E-state index is 13.2. The van der Waals surface area contributed by atoms with Crippen molar-refractivity contribution in [1.82, 2.24) is 5.32 Å². The van der Waals surface area contributed by atoms with Crippen molar-refractivity contribution >= 4 is 29.1 Å². The van der Waals surface area contributed by atoms with Crippen molar-refractivity contribution in [3.63, 3.8) is 0 Å². The van der Waals surface area contributed by atoms with E-state index in [0.29, 0.717) is 34.9 Å². The van der Waals surface area contributed by atoms with E-state index in [4.69, 9.17) is 23.2 Å². The van der Waals surface area contributed by atoms with Gasteiger partial charge in [0.25, 0.3) is 0 Å². The summed E-state index contributed by atoms with van der Waals surface area (Å²) >= 11 is 12.3. The second kappa shape index (κ2) is 11.7. The molecule has 2 aromatic rings. The van der Waals surface area contributed by atoms with E-state index < -0.39 is 17.4 Å². The maximum absolute atomic E-state index is 13.2. The first-order valence-electron chi connectivity index (χ1n) is 10.5. The summed E-state index contributed by atoms with van der Waals surface area (Å²) in [5.74, 6) is -0.576. The molecule has 0 aromatic heterocycles. The zero-order chi connectivity index (χ0) is 23.0. The third-order valence-electron chi connectivity index (χ3n) is 5.73. The fraction of sp³-hybridized carbons (Fsp3) is 0.400. The number of allylic oxidation sites excluding steroid dienone is 1. The second-order valence-corrected chi connectivity index (χ2v) is 9.05. The molecule has 6 heteroatoms. The van der Waals surface area contributed by atoms with Crippen molar-refractivity contribution < 1.29 is 15.0 Å². The number of nitrogens with one attached hydrogen (secondary N) is 1. The number of carbonyl (C=O) groups is 1. The van der Waals surface area contributed by atoms with Gasteiger partial charge in [-0.05, 0) is 54.7 Å². The molecule has 2 aromatic carbocycles. The first-order chi connectivity index (χ1) is 14.7. The monoisotopic (exact) mass is 463 g/mol. The Hall–Kier alpha value is -1.85. The minimum atomic E-state index is -0.868. The molecule has 0 spiro atoms. The van der Waals surface area contributed by atoms with Gasteiger partial charge >= 0.3 is 0 Å². The van der Waals surface area contributed by atoms with E-state index in [1.807, 2.05) is 32.0 Å². The molecule has 0 aliphatic carbocycles. The van der Waals surface area contributed by atoms with E-state index in [1.54, 1.807) is 36.4 Å². The zero-order valence-corrected chi connectivity index (χ0v) is 19.5. The Morgan fingerprint density at radius 1 is 1.16 bits per heavy atom. The number of amides is 1. The van der Waals surface area contributed by atoms with Crippen LogP contribution in [0.15, 0.2) is 61.2 Å². The van der Waals surface area contributed by atoms with Crippen molar-refractivity contribution in [3.05, 3.63) is 82.4 Å². The lowest BCUT2D eigenvalue weighted by Crippen LogP contribution is -2.46. The van der Waals surface area contributed by atoms with Crippen molar-refractivity contribution in [1.29, 1.82) is 0 Å². The summed E-state index contributed by atoms with van der Waals surface area (Å²) in [6, 6.07) is 14.1. The molecule has 0 saturated carbocycles. The van der Waals surface area contributed by atoms with E-state index in [2.05, 4.69) is 11.9 Å². The number of halogens is 2. The molecule has 0 aliphatic heterocycles. The molecule has 4 nitrogen and oxygen atoms in total. The number of aliphatic hydroxyl groups is 2. The third-order valence-corrected chi connectivity index (χ3v) is 6.22. The largest absolute Gasteiger partial charge is 0.394 e. The van der Waals surface area contributed by atoms with Crippen LogP contribution < -0.4 is 5.32 Å². The lowest BCUT2D eigenvalue weighted by molar-refractivity contribution is -0.132. The van der Waals surface area contributed by atoms with E-state index in [1.165, 1.54) is 0 Å². The molecular weight excluding hydrogens is 433 g/mol. The second-order valence-electron chi connectivity index (χ2n) is 8.18. The van der Waals surface area contributed by atoms with E-state index in [9.17, 15) is 15.0 Å². The molecule has 0 fully saturated rings. The van der Waals surface area contributed by atoms with Gasteiger partial charge in [-0.1, -0.05) is 67.4 Å². The van der Waals surface area contributed by atoms with Gasteiger partial charge < -0.3 is 15.5 Å². The summed E-state index contributed by atoms with van der Waals surface area (Å²) in [5.41, 5.74) is 0.704. The molecule has 2 rings (SSSR count). The third kappa shape index (κ3) is 6.81. The molecule has 0 radical (unpaired) electrons. The molecule has 168 valence electrons. The topological polar surface area (TPSA) is 69.6 Å². The molecule has 0 bridgehead atoms. The van der Waals surface area contributed by atoms with Gasteiger partial charge in [-0.3, -0.25) is 4.79 Å². The Kier molecular flexibility index (Phi) is 9.57. The molecule has 0 heterocycles. The lowest BCUT2D eigenvalue weighted by Gasteiger charge is -2.35. The average molecular weight is 464 g/mol. The maximum Gasteiger partial charge on any atom is 0.226 e. The van der Waals surface area contributed by atoms with Crippen LogP contribution in [0.25, 0.3) is 0 Å². The molecular formula is C25H31Cl2NO3. The van der Waals surface area contributed by atoms with Crippen LogP contribution in [0.3, 0.4) is 0 Å². The van der Waals surface area contributed by atoms with Crippen LogP contribution in [0, 0.1) is 5.41 Å². The van der Waals surface area contributed by atoms with Crippen LogP contribution >= 0.6 is 23.2 Å². The molecule has 31 heavy (non-hydrogen) atoms. The lowest BCUT2D eigenvalue weighted by atomic mass is 9.72. The number of rotatable bonds is 11. The van der Waals surface area contributed by atoms with Gasteiger partial charge in [0.05, 0.1) is 24.2 Å². The average Bonchev–Trinajstić information content (AvgIpc) is 2.76. The predicted octanol–water partition coefficient (Wildman–Crippen LogP) is 5.67. The van der Waals surface area contributed by atoms with Gasteiger partial charge in [-0.15, -0.1) is 6.58 Å². The van der Waals surface area contributed by atoms with Crippen LogP contribution in [-0.4, -0.2) is 28.8 Å². The molecule has 0 unspecified atom stereocenters. The Morgan fingerprint density at radius 3 is 2.39 bits per heavy atom. The predicted molar refractivity (Wildman–Crippen MR) is 127 cm³/mol. The number of benzene rings is 2. The van der Waals surface area contributed by atoms with Crippen LogP contribution in [0.4, 0.5) is 0 Å². The van der Waals surface area contributed by atoms with E-state index in [0.717, 1.165) is 5.56 Å². The summed E-state index contributed by atoms with van der Waals surface area (Å²) in [5, 5.41) is 24.9. The van der Waals surface area contributed by atoms with Crippen molar-refractivity contribution in [2.45, 2.75) is 51.2 Å². The standard InChI is InChI=1S/C25H31Cl2NO3/c1-4-13-25(3,24(31)28-21(5-2)16-29)15-22(18-7-6-8-20(27)14-18)23(30)17-9-11-19(26)12-10-17/h4,6-12,14,21-23,29-30H,1,5,13,15-16H2,2-3H3,(H,28,31)/t21-,22+,23-,25-/m0/s1. The number of aliphatic hydroxyl groups excluding tert-OH is 2. The van der Waals surface area contributed by atoms with Gasteiger partial charge in [-0.2, -0.15) is 0 Å². The Balaban J connectivity index is 2.44. The quantitative estimate of drug-likeness (QED) is 0.376. The van der Waals surface area contributed by atoms with Gasteiger partial charge in [0.15, 0.2) is 0 Å². The summed E-state index contributed by atoms with van der Waals surface area (Å²) in [6.45, 7) is 7.47. The Bertz CT molecular complexity index is 867. The summed E-state index contributed by atoms with van der Waals surface area (Å²) in [6.07, 6.45) is 2.25. The van der Waals surface area contributed by atoms with Crippen LogP contribution in [0.1, 0.15) is 56.3 Å². The van der Waals surface area contributed by atoms with Crippen LogP contribution in [0.5, 0.6) is 0 Å². The summed E-state index contributed by atoms with van der Waals surface area (Å²) < 4.78 is 0. The minimum Gasteiger partial charge on any atom is -0.394 e. The molecule has 4 atom stereocenters. The fourth-order valence-electron chi connectivity index (χ4n) is 3.75. The van der Waals surface area contributed by atoms with Crippen molar-refractivity contribution in [2.24, 2.45) is 5.41 Å². The first kappa shape index (κ1) is 25.4. The van der Waals surface area contributed by atoms with Gasteiger partial charge in [0.2, 0.25) is 5.91 Å². The molecule has 1 amide bonds. The minimum absolute atomic E-state index is 0.127. The summed E-state index contributed by atoms with van der Waals surface area (Å²) in [4.78, 5) is 13.2. The summed E-state index contributed by atoms with van der Waals surface area (Å²) in [7, 11) is 0. The Morgan fingerprint density at radius 2 is 1.84 bits per heavy atom. The van der Waals surface area contributed by atoms with Gasteiger partial charge in [-0.25, -0.2) is 0 Å².